The zero-order valence-corrected chi connectivity index (χ0v) is 22.6. The molecular formula is C31H52O. The number of hydrogen-bond donors (Lipinski definition) is 1. The van der Waals surface area contributed by atoms with Crippen LogP contribution in [-0.2, 0) is 0 Å². The van der Waals surface area contributed by atoms with Crippen molar-refractivity contribution in [3.63, 3.8) is 0 Å². The maximum absolute atomic E-state index is 11.1. The molecular weight excluding hydrogens is 388 g/mol. The van der Waals surface area contributed by atoms with Gasteiger partial charge in [-0.3, -0.25) is 0 Å². The van der Waals surface area contributed by atoms with Gasteiger partial charge in [0.15, 0.2) is 0 Å². The second kappa shape index (κ2) is 7.11. The number of rotatable bonds is 1. The van der Waals surface area contributed by atoms with Crippen molar-refractivity contribution in [2.24, 2.45) is 56.7 Å². The molecule has 1 heteroatoms. The summed E-state index contributed by atoms with van der Waals surface area (Å²) in [4.78, 5) is 0. The molecule has 182 valence electrons. The Kier molecular flexibility index (Phi) is 5.21. The summed E-state index contributed by atoms with van der Waals surface area (Å²) in [6, 6.07) is 0. The van der Waals surface area contributed by atoms with E-state index < -0.39 is 0 Å². The van der Waals surface area contributed by atoms with Gasteiger partial charge in [-0.2, -0.15) is 0 Å². The quantitative estimate of drug-likeness (QED) is 0.406. The van der Waals surface area contributed by atoms with Gasteiger partial charge >= 0.3 is 0 Å². The first-order chi connectivity index (χ1) is 14.9. The molecule has 5 rings (SSSR count). The number of aliphatic hydroxyl groups excluding tert-OH is 1. The highest BCUT2D eigenvalue weighted by Crippen LogP contribution is 2.75. The van der Waals surface area contributed by atoms with Gasteiger partial charge in [-0.05, 0) is 121 Å². The molecule has 0 aromatic heterocycles. The molecule has 0 amide bonds. The van der Waals surface area contributed by atoms with Crippen molar-refractivity contribution in [2.75, 3.05) is 0 Å². The second-order valence-electron chi connectivity index (χ2n) is 14.7. The molecule has 0 saturated heterocycles. The number of aliphatic hydroxyl groups is 1. The summed E-state index contributed by atoms with van der Waals surface area (Å²) in [5, 5.41) is 11.1. The Bertz CT molecular complexity index is 798. The van der Waals surface area contributed by atoms with Crippen LogP contribution >= 0.6 is 0 Å². The minimum absolute atomic E-state index is 0.0949. The molecule has 32 heavy (non-hydrogen) atoms. The Labute approximate surface area is 199 Å². The van der Waals surface area contributed by atoms with E-state index >= 15 is 0 Å². The van der Waals surface area contributed by atoms with Crippen molar-refractivity contribution in [2.45, 2.75) is 126 Å². The van der Waals surface area contributed by atoms with Crippen molar-refractivity contribution >= 4 is 0 Å². The molecule has 3 unspecified atom stereocenters. The molecule has 0 aromatic carbocycles. The predicted molar refractivity (Wildman–Crippen MR) is 135 cm³/mol. The zero-order chi connectivity index (χ0) is 23.3. The van der Waals surface area contributed by atoms with E-state index in [1.807, 2.05) is 5.57 Å². The molecule has 0 bridgehead atoms. The Morgan fingerprint density at radius 1 is 0.875 bits per heavy atom. The largest absolute Gasteiger partial charge is 0.393 e. The van der Waals surface area contributed by atoms with Crippen molar-refractivity contribution in [3.05, 3.63) is 11.6 Å². The van der Waals surface area contributed by atoms with Crippen molar-refractivity contribution in [1.82, 2.24) is 0 Å². The summed E-state index contributed by atoms with van der Waals surface area (Å²) >= 11 is 0. The smallest absolute Gasteiger partial charge is 0.0596 e. The first kappa shape index (κ1) is 23.4. The molecule has 11 atom stereocenters. The lowest BCUT2D eigenvalue weighted by Gasteiger charge is -2.71. The van der Waals surface area contributed by atoms with E-state index in [0.717, 1.165) is 36.5 Å². The molecule has 5 aliphatic carbocycles. The van der Waals surface area contributed by atoms with Crippen LogP contribution in [0.5, 0.6) is 0 Å². The first-order valence-corrected chi connectivity index (χ1v) is 14.3. The predicted octanol–water partition coefficient (Wildman–Crippen LogP) is 8.41. The van der Waals surface area contributed by atoms with E-state index in [4.69, 9.17) is 0 Å². The van der Waals surface area contributed by atoms with Gasteiger partial charge in [-0.1, -0.05) is 67.0 Å². The SMILES string of the molecule is CC[C@@]1(C)C2CC[C@]3(C)C(CC=C4C5[C@@H](C)[C@H](C)CC[C@]5(C)CC[C@]43C)[C@@]2(C)CC[C@@H]1O. The van der Waals surface area contributed by atoms with Crippen LogP contribution in [0, 0.1) is 56.7 Å². The van der Waals surface area contributed by atoms with E-state index in [1.165, 1.54) is 51.4 Å². The molecule has 1 nitrogen and oxygen atoms in total. The van der Waals surface area contributed by atoms with E-state index in [2.05, 4.69) is 61.5 Å². The standard InChI is InChI=1S/C31H52O/c1-9-28(5)23-13-17-31(8)24(29(23,6)16-14-25(28)32)11-10-22-26-21(3)20(2)12-15-27(26,4)18-19-30(22,31)7/h10,20-21,23-26,32H,9,11-19H2,1-8H3/t20-,21+,23?,24?,25+,26?,27-,28+,29+,30-,31-/m1/s1. The molecule has 0 aromatic rings. The summed E-state index contributed by atoms with van der Waals surface area (Å²) in [5.74, 6) is 3.91. The minimum atomic E-state index is -0.111. The first-order valence-electron chi connectivity index (χ1n) is 14.3. The van der Waals surface area contributed by atoms with E-state index in [0.29, 0.717) is 27.6 Å². The maximum Gasteiger partial charge on any atom is 0.0596 e. The average Bonchev–Trinajstić information content (AvgIpc) is 2.75. The van der Waals surface area contributed by atoms with Crippen LogP contribution in [0.25, 0.3) is 0 Å². The van der Waals surface area contributed by atoms with E-state index in [1.54, 1.807) is 0 Å². The monoisotopic (exact) mass is 440 g/mol. The van der Waals surface area contributed by atoms with Crippen molar-refractivity contribution in [3.8, 4) is 0 Å². The van der Waals surface area contributed by atoms with Crippen LogP contribution in [0.15, 0.2) is 11.6 Å². The third-order valence-corrected chi connectivity index (χ3v) is 13.9. The molecule has 0 heterocycles. The van der Waals surface area contributed by atoms with Gasteiger partial charge < -0.3 is 5.11 Å². The summed E-state index contributed by atoms with van der Waals surface area (Å²) in [7, 11) is 0. The highest BCUT2D eigenvalue weighted by Gasteiger charge is 2.68. The van der Waals surface area contributed by atoms with Gasteiger partial charge in [0.25, 0.3) is 0 Å². The van der Waals surface area contributed by atoms with Crippen LogP contribution in [0.3, 0.4) is 0 Å². The molecule has 0 aliphatic heterocycles. The molecule has 0 spiro atoms. The summed E-state index contributed by atoms with van der Waals surface area (Å²) in [5.41, 5.74) is 3.64. The third kappa shape index (κ3) is 2.67. The minimum Gasteiger partial charge on any atom is -0.393 e. The lowest BCUT2D eigenvalue weighted by Crippen LogP contribution is -2.65. The van der Waals surface area contributed by atoms with E-state index in [9.17, 15) is 5.11 Å². The zero-order valence-electron chi connectivity index (χ0n) is 22.6. The lowest BCUT2D eigenvalue weighted by atomic mass is 9.33. The second-order valence-corrected chi connectivity index (χ2v) is 14.7. The summed E-state index contributed by atoms with van der Waals surface area (Å²) in [6.07, 6.45) is 15.7. The van der Waals surface area contributed by atoms with E-state index in [-0.39, 0.29) is 11.5 Å². The average molecular weight is 441 g/mol. The maximum atomic E-state index is 11.1. The van der Waals surface area contributed by atoms with Crippen LogP contribution in [0.4, 0.5) is 0 Å². The molecule has 5 aliphatic rings. The van der Waals surface area contributed by atoms with Gasteiger partial charge in [-0.25, -0.2) is 0 Å². The lowest BCUT2D eigenvalue weighted by molar-refractivity contribution is -0.208. The van der Waals surface area contributed by atoms with Crippen LogP contribution < -0.4 is 0 Å². The molecule has 1 N–H and O–H groups in total. The Morgan fingerprint density at radius 3 is 2.28 bits per heavy atom. The Hall–Kier alpha value is -0.300. The number of allylic oxidation sites excluding steroid dienone is 2. The van der Waals surface area contributed by atoms with Crippen molar-refractivity contribution in [1.29, 1.82) is 0 Å². The van der Waals surface area contributed by atoms with Crippen LogP contribution in [-0.4, -0.2) is 11.2 Å². The van der Waals surface area contributed by atoms with Gasteiger partial charge in [-0.15, -0.1) is 0 Å². The Balaban J connectivity index is 1.59. The normalized spacial score (nSPS) is 59.8. The fourth-order valence-electron chi connectivity index (χ4n) is 11.1. The fraction of sp³-hybridized carbons (Fsp3) is 0.935. The fourth-order valence-corrected chi connectivity index (χ4v) is 11.1. The Morgan fingerprint density at radius 2 is 1.59 bits per heavy atom. The van der Waals surface area contributed by atoms with Crippen LogP contribution in [0.2, 0.25) is 0 Å². The van der Waals surface area contributed by atoms with Gasteiger partial charge in [0, 0.05) is 0 Å². The number of fused-ring (bicyclic) bond motifs is 7. The molecule has 4 saturated carbocycles. The van der Waals surface area contributed by atoms with Crippen LogP contribution in [0.1, 0.15) is 120 Å². The van der Waals surface area contributed by atoms with Gasteiger partial charge in [0.05, 0.1) is 6.10 Å². The van der Waals surface area contributed by atoms with Gasteiger partial charge in [0.1, 0.15) is 0 Å². The third-order valence-electron chi connectivity index (χ3n) is 13.9. The highest BCUT2D eigenvalue weighted by atomic mass is 16.3. The topological polar surface area (TPSA) is 20.2 Å². The highest BCUT2D eigenvalue weighted by molar-refractivity contribution is 5.33. The van der Waals surface area contributed by atoms with Gasteiger partial charge in [0.2, 0.25) is 0 Å². The molecule has 0 radical (unpaired) electrons. The van der Waals surface area contributed by atoms with Crippen molar-refractivity contribution < 1.29 is 5.11 Å². The number of hydrogen-bond acceptors (Lipinski definition) is 1. The molecule has 4 fully saturated rings. The summed E-state index contributed by atoms with van der Waals surface area (Å²) in [6.45, 7) is 20.6. The summed E-state index contributed by atoms with van der Waals surface area (Å²) < 4.78 is 0.